The smallest absolute Gasteiger partial charge is 0.238 e. The summed E-state index contributed by atoms with van der Waals surface area (Å²) >= 11 is 0. The zero-order valence-electron chi connectivity index (χ0n) is 14.9. The molecule has 4 rings (SSSR count). The Labute approximate surface area is 154 Å². The van der Waals surface area contributed by atoms with E-state index < -0.39 is 23.8 Å². The zero-order valence-corrected chi connectivity index (χ0v) is 14.9. The summed E-state index contributed by atoms with van der Waals surface area (Å²) in [6.45, 7) is 0. The Morgan fingerprint density at radius 3 is 2.33 bits per heavy atom. The fourth-order valence-corrected chi connectivity index (χ4v) is 3.46. The van der Waals surface area contributed by atoms with Crippen LogP contribution in [0.3, 0.4) is 0 Å². The standard InChI is InChI=1S/C19H18O8/c1-23-9-4-5-10-12(6-9)26-17-18(21)27-13-8-15(25-3)14(24-2)7-11(13)19(17,22)16(10)20/h4-8,17-18,21-22H,1-3H3/t17-,18-,19-/m0/s1. The topological polar surface area (TPSA) is 104 Å². The van der Waals surface area contributed by atoms with Gasteiger partial charge in [-0.25, -0.2) is 0 Å². The number of aliphatic hydroxyl groups is 2. The molecule has 8 heteroatoms. The van der Waals surface area contributed by atoms with Crippen LogP contribution in [0.1, 0.15) is 15.9 Å². The minimum atomic E-state index is -2.16. The molecule has 2 aromatic rings. The molecule has 3 atom stereocenters. The van der Waals surface area contributed by atoms with Crippen molar-refractivity contribution in [3.05, 3.63) is 41.5 Å². The Morgan fingerprint density at radius 1 is 0.963 bits per heavy atom. The number of hydrogen-bond donors (Lipinski definition) is 2. The molecule has 142 valence electrons. The van der Waals surface area contributed by atoms with Crippen molar-refractivity contribution in [3.8, 4) is 28.7 Å². The van der Waals surface area contributed by atoms with Gasteiger partial charge in [-0.2, -0.15) is 0 Å². The molecule has 2 aromatic carbocycles. The molecule has 0 spiro atoms. The first kappa shape index (κ1) is 17.4. The minimum Gasteiger partial charge on any atom is -0.497 e. The molecule has 0 aromatic heterocycles. The molecule has 0 radical (unpaired) electrons. The predicted molar refractivity (Wildman–Crippen MR) is 91.8 cm³/mol. The van der Waals surface area contributed by atoms with Gasteiger partial charge in [-0.05, 0) is 18.2 Å². The molecule has 2 aliphatic heterocycles. The maximum absolute atomic E-state index is 13.2. The fraction of sp³-hybridized carbons (Fsp3) is 0.316. The molecular formula is C19H18O8. The first-order valence-electron chi connectivity index (χ1n) is 8.17. The number of rotatable bonds is 3. The van der Waals surface area contributed by atoms with Gasteiger partial charge in [0.05, 0.1) is 26.9 Å². The van der Waals surface area contributed by atoms with Crippen molar-refractivity contribution in [2.45, 2.75) is 18.0 Å². The Kier molecular flexibility index (Phi) is 3.90. The third kappa shape index (κ3) is 2.34. The molecule has 8 nitrogen and oxygen atoms in total. The zero-order chi connectivity index (χ0) is 19.3. The highest BCUT2D eigenvalue weighted by atomic mass is 16.6. The van der Waals surface area contributed by atoms with Crippen molar-refractivity contribution in [2.75, 3.05) is 21.3 Å². The number of ether oxygens (including phenoxy) is 5. The van der Waals surface area contributed by atoms with Gasteiger partial charge in [0, 0.05) is 17.7 Å². The summed E-state index contributed by atoms with van der Waals surface area (Å²) in [5.74, 6) is 0.794. The molecule has 0 saturated carbocycles. The number of ketones is 1. The van der Waals surface area contributed by atoms with Crippen LogP contribution >= 0.6 is 0 Å². The van der Waals surface area contributed by atoms with Crippen molar-refractivity contribution in [3.63, 3.8) is 0 Å². The predicted octanol–water partition coefficient (Wildman–Crippen LogP) is 1.25. The van der Waals surface area contributed by atoms with Gasteiger partial charge < -0.3 is 33.9 Å². The maximum atomic E-state index is 13.2. The lowest BCUT2D eigenvalue weighted by atomic mass is 9.77. The second-order valence-corrected chi connectivity index (χ2v) is 6.21. The molecule has 2 heterocycles. The number of Topliss-reactive ketones (excluding diaryl/α,β-unsaturated/α-hetero) is 1. The van der Waals surface area contributed by atoms with Crippen LogP contribution in [0.2, 0.25) is 0 Å². The van der Waals surface area contributed by atoms with Crippen LogP contribution in [0.25, 0.3) is 0 Å². The molecule has 0 amide bonds. The van der Waals surface area contributed by atoms with Gasteiger partial charge >= 0.3 is 0 Å². The summed E-state index contributed by atoms with van der Waals surface area (Å²) < 4.78 is 26.9. The molecule has 0 aliphatic carbocycles. The van der Waals surface area contributed by atoms with Gasteiger partial charge in [-0.1, -0.05) is 0 Å². The summed E-state index contributed by atoms with van der Waals surface area (Å²) in [6, 6.07) is 7.51. The van der Waals surface area contributed by atoms with Crippen molar-refractivity contribution in [1.82, 2.24) is 0 Å². The van der Waals surface area contributed by atoms with Crippen LogP contribution in [0.5, 0.6) is 28.7 Å². The number of fused-ring (bicyclic) bond motifs is 4. The van der Waals surface area contributed by atoms with Gasteiger partial charge in [0.1, 0.15) is 17.2 Å². The lowest BCUT2D eigenvalue weighted by molar-refractivity contribution is -0.179. The van der Waals surface area contributed by atoms with Crippen molar-refractivity contribution < 1.29 is 38.7 Å². The third-order valence-electron chi connectivity index (χ3n) is 4.85. The lowest BCUT2D eigenvalue weighted by Gasteiger charge is -2.45. The van der Waals surface area contributed by atoms with E-state index in [0.29, 0.717) is 17.2 Å². The van der Waals surface area contributed by atoms with E-state index in [4.69, 9.17) is 23.7 Å². The largest absolute Gasteiger partial charge is 0.497 e. The monoisotopic (exact) mass is 374 g/mol. The van der Waals surface area contributed by atoms with Crippen LogP contribution in [0.4, 0.5) is 0 Å². The van der Waals surface area contributed by atoms with Crippen molar-refractivity contribution >= 4 is 5.78 Å². The number of hydrogen-bond acceptors (Lipinski definition) is 8. The number of methoxy groups -OCH3 is 3. The molecule has 0 fully saturated rings. The van der Waals surface area contributed by atoms with Gasteiger partial charge in [-0.3, -0.25) is 4.79 Å². The molecule has 0 unspecified atom stereocenters. The Balaban J connectivity index is 1.92. The second-order valence-electron chi connectivity index (χ2n) is 6.21. The average molecular weight is 374 g/mol. The molecule has 2 aliphatic rings. The van der Waals surface area contributed by atoms with E-state index in [1.807, 2.05) is 0 Å². The number of aliphatic hydroxyl groups excluding tert-OH is 1. The lowest BCUT2D eigenvalue weighted by Crippen LogP contribution is -2.61. The van der Waals surface area contributed by atoms with Crippen LogP contribution in [0, 0.1) is 0 Å². The quantitative estimate of drug-likeness (QED) is 0.828. The molecular weight excluding hydrogens is 356 g/mol. The first-order chi connectivity index (χ1) is 12.9. The van der Waals surface area contributed by atoms with Gasteiger partial charge in [0.25, 0.3) is 0 Å². The Hall–Kier alpha value is -2.97. The van der Waals surface area contributed by atoms with Gasteiger partial charge in [0.2, 0.25) is 18.2 Å². The summed E-state index contributed by atoms with van der Waals surface area (Å²) in [7, 11) is 4.36. The van der Waals surface area contributed by atoms with E-state index in [0.717, 1.165) is 0 Å². The Morgan fingerprint density at radius 2 is 1.67 bits per heavy atom. The fourth-order valence-electron chi connectivity index (χ4n) is 3.46. The Bertz CT molecular complexity index is 924. The third-order valence-corrected chi connectivity index (χ3v) is 4.85. The van der Waals surface area contributed by atoms with E-state index in [9.17, 15) is 15.0 Å². The number of benzene rings is 2. The van der Waals surface area contributed by atoms with Gasteiger partial charge in [-0.15, -0.1) is 0 Å². The van der Waals surface area contributed by atoms with Crippen molar-refractivity contribution in [2.24, 2.45) is 0 Å². The molecule has 27 heavy (non-hydrogen) atoms. The summed E-state index contributed by atoms with van der Waals surface area (Å²) in [6.07, 6.45) is -2.95. The first-order valence-corrected chi connectivity index (χ1v) is 8.17. The summed E-state index contributed by atoms with van der Waals surface area (Å²) in [5.41, 5.74) is -1.86. The second kappa shape index (κ2) is 6.04. The van der Waals surface area contributed by atoms with E-state index >= 15 is 0 Å². The number of carbonyl (C=O) groups excluding carboxylic acids is 1. The van der Waals surface area contributed by atoms with E-state index in [1.54, 1.807) is 6.07 Å². The van der Waals surface area contributed by atoms with Crippen LogP contribution < -0.4 is 23.7 Å². The SMILES string of the molecule is COc1ccc2c(c1)O[C@H]1[C@@H](O)Oc3cc(OC)c(OC)cc3[C@]1(O)C2=O. The highest BCUT2D eigenvalue weighted by Gasteiger charge is 2.59. The maximum Gasteiger partial charge on any atom is 0.238 e. The normalized spacial score (nSPS) is 25.3. The molecule has 0 bridgehead atoms. The van der Waals surface area contributed by atoms with Crippen LogP contribution in [-0.4, -0.2) is 49.7 Å². The summed E-state index contributed by atoms with van der Waals surface area (Å²) in [4.78, 5) is 13.2. The average Bonchev–Trinajstić information content (AvgIpc) is 2.68. The molecule has 2 N–H and O–H groups in total. The van der Waals surface area contributed by atoms with E-state index in [-0.39, 0.29) is 22.6 Å². The van der Waals surface area contributed by atoms with E-state index in [1.165, 1.54) is 45.6 Å². The minimum absolute atomic E-state index is 0.104. The highest BCUT2D eigenvalue weighted by Crippen LogP contribution is 2.50. The van der Waals surface area contributed by atoms with Crippen molar-refractivity contribution in [1.29, 1.82) is 0 Å². The van der Waals surface area contributed by atoms with E-state index in [2.05, 4.69) is 0 Å². The van der Waals surface area contributed by atoms with Crippen LogP contribution in [0.15, 0.2) is 30.3 Å². The summed E-state index contributed by atoms with van der Waals surface area (Å²) in [5, 5.41) is 21.8. The molecule has 0 saturated heterocycles. The number of carbonyl (C=O) groups is 1. The highest BCUT2D eigenvalue weighted by molar-refractivity contribution is 6.07. The van der Waals surface area contributed by atoms with Gasteiger partial charge in [0.15, 0.2) is 17.1 Å². The van der Waals surface area contributed by atoms with Crippen LogP contribution in [-0.2, 0) is 5.60 Å².